The van der Waals surface area contributed by atoms with E-state index in [0.29, 0.717) is 5.41 Å². The van der Waals surface area contributed by atoms with Crippen molar-refractivity contribution in [2.45, 2.75) is 45.4 Å². The third kappa shape index (κ3) is 2.49. The van der Waals surface area contributed by atoms with E-state index in [2.05, 4.69) is 13.0 Å². The Morgan fingerprint density at radius 1 is 1.56 bits per heavy atom. The second-order valence-corrected chi connectivity index (χ2v) is 5.33. The van der Waals surface area contributed by atoms with Gasteiger partial charge in [0.25, 0.3) is 0 Å². The summed E-state index contributed by atoms with van der Waals surface area (Å²) >= 11 is 0. The summed E-state index contributed by atoms with van der Waals surface area (Å²) in [5.41, 5.74) is 6.33. The molecule has 0 saturated heterocycles. The van der Waals surface area contributed by atoms with Crippen LogP contribution in [0.3, 0.4) is 0 Å². The predicted octanol–water partition coefficient (Wildman–Crippen LogP) is 3.37. The number of rotatable bonds is 4. The van der Waals surface area contributed by atoms with Gasteiger partial charge in [0.1, 0.15) is 5.76 Å². The largest absolute Gasteiger partial charge is 0.469 e. The zero-order valence-electron chi connectivity index (χ0n) is 10.2. The van der Waals surface area contributed by atoms with Gasteiger partial charge < -0.3 is 10.2 Å². The van der Waals surface area contributed by atoms with E-state index >= 15 is 0 Å². The highest BCUT2D eigenvalue weighted by molar-refractivity contribution is 5.04. The Labute approximate surface area is 98.2 Å². The zero-order valence-corrected chi connectivity index (χ0v) is 10.2. The van der Waals surface area contributed by atoms with Crippen LogP contribution in [0.4, 0.5) is 0 Å². The topological polar surface area (TPSA) is 39.2 Å². The summed E-state index contributed by atoms with van der Waals surface area (Å²) in [6.45, 7) is 3.09. The van der Waals surface area contributed by atoms with E-state index in [1.165, 1.54) is 32.1 Å². The summed E-state index contributed by atoms with van der Waals surface area (Å²) in [5.74, 6) is 1.97. The Kier molecular flexibility index (Phi) is 3.70. The van der Waals surface area contributed by atoms with Gasteiger partial charge in [-0.2, -0.15) is 0 Å². The van der Waals surface area contributed by atoms with Crippen molar-refractivity contribution in [3.63, 3.8) is 0 Å². The second kappa shape index (κ2) is 5.05. The summed E-state index contributed by atoms with van der Waals surface area (Å²) in [7, 11) is 0. The van der Waals surface area contributed by atoms with Gasteiger partial charge in [-0.1, -0.05) is 26.2 Å². The number of hydrogen-bond donors (Lipinski definition) is 1. The lowest BCUT2D eigenvalue weighted by atomic mass is 9.67. The smallest absolute Gasteiger partial charge is 0.104 e. The molecule has 90 valence electrons. The molecular weight excluding hydrogens is 198 g/mol. The van der Waals surface area contributed by atoms with Gasteiger partial charge in [-0.05, 0) is 42.9 Å². The number of nitrogens with two attached hydrogens (primary N) is 1. The average molecular weight is 221 g/mol. The van der Waals surface area contributed by atoms with E-state index in [-0.39, 0.29) is 0 Å². The molecule has 1 aliphatic rings. The Hall–Kier alpha value is -0.760. The fourth-order valence-electron chi connectivity index (χ4n) is 3.13. The molecule has 0 radical (unpaired) electrons. The highest BCUT2D eigenvalue weighted by Gasteiger charge is 2.35. The quantitative estimate of drug-likeness (QED) is 0.846. The van der Waals surface area contributed by atoms with Crippen LogP contribution in [0.5, 0.6) is 0 Å². The molecular formula is C14H23NO. The minimum atomic E-state index is 0.302. The van der Waals surface area contributed by atoms with Crippen molar-refractivity contribution in [2.24, 2.45) is 17.1 Å². The van der Waals surface area contributed by atoms with Gasteiger partial charge in [-0.3, -0.25) is 0 Å². The molecule has 2 N–H and O–H groups in total. The van der Waals surface area contributed by atoms with Gasteiger partial charge in [0.05, 0.1) is 6.26 Å². The Bertz CT molecular complexity index is 307. The summed E-state index contributed by atoms with van der Waals surface area (Å²) in [5, 5.41) is 0. The molecule has 1 aromatic rings. The van der Waals surface area contributed by atoms with Gasteiger partial charge in [-0.25, -0.2) is 0 Å². The van der Waals surface area contributed by atoms with Crippen molar-refractivity contribution in [3.05, 3.63) is 24.2 Å². The normalized spacial score (nSPS) is 30.5. The molecule has 16 heavy (non-hydrogen) atoms. The maximum atomic E-state index is 6.03. The number of furan rings is 1. The highest BCUT2D eigenvalue weighted by Crippen LogP contribution is 2.42. The van der Waals surface area contributed by atoms with Gasteiger partial charge in [-0.15, -0.1) is 0 Å². The zero-order chi connectivity index (χ0) is 11.4. The molecule has 0 bridgehead atoms. The monoisotopic (exact) mass is 221 g/mol. The molecule has 2 nitrogen and oxygen atoms in total. The van der Waals surface area contributed by atoms with Crippen molar-refractivity contribution in [3.8, 4) is 0 Å². The first-order valence-corrected chi connectivity index (χ1v) is 6.50. The second-order valence-electron chi connectivity index (χ2n) is 5.33. The first-order valence-electron chi connectivity index (χ1n) is 6.50. The summed E-state index contributed by atoms with van der Waals surface area (Å²) in [6, 6.07) is 4.05. The van der Waals surface area contributed by atoms with Crippen molar-refractivity contribution >= 4 is 0 Å². The molecule has 0 spiro atoms. The molecule has 0 amide bonds. The van der Waals surface area contributed by atoms with Gasteiger partial charge in [0, 0.05) is 6.42 Å². The third-order valence-corrected chi connectivity index (χ3v) is 4.18. The Morgan fingerprint density at radius 2 is 2.44 bits per heavy atom. The van der Waals surface area contributed by atoms with Crippen LogP contribution in [-0.4, -0.2) is 6.54 Å². The fourth-order valence-corrected chi connectivity index (χ4v) is 3.13. The van der Waals surface area contributed by atoms with Crippen molar-refractivity contribution in [1.29, 1.82) is 0 Å². The van der Waals surface area contributed by atoms with E-state index in [1.807, 2.05) is 6.07 Å². The van der Waals surface area contributed by atoms with Crippen molar-refractivity contribution in [2.75, 3.05) is 6.54 Å². The molecule has 2 atom stereocenters. The lowest BCUT2D eigenvalue weighted by Gasteiger charge is -2.39. The molecule has 1 aromatic heterocycles. The molecule has 0 aliphatic heterocycles. The fraction of sp³-hybridized carbons (Fsp3) is 0.714. The van der Waals surface area contributed by atoms with Crippen molar-refractivity contribution in [1.82, 2.24) is 0 Å². The maximum Gasteiger partial charge on any atom is 0.104 e. The highest BCUT2D eigenvalue weighted by atomic mass is 16.3. The minimum absolute atomic E-state index is 0.302. The average Bonchev–Trinajstić information content (AvgIpc) is 2.82. The minimum Gasteiger partial charge on any atom is -0.469 e. The van der Waals surface area contributed by atoms with E-state index in [9.17, 15) is 0 Å². The van der Waals surface area contributed by atoms with Crippen LogP contribution in [-0.2, 0) is 6.42 Å². The summed E-state index contributed by atoms with van der Waals surface area (Å²) < 4.78 is 5.48. The van der Waals surface area contributed by atoms with Crippen molar-refractivity contribution < 1.29 is 4.42 Å². The van der Waals surface area contributed by atoms with Crippen LogP contribution in [0.25, 0.3) is 0 Å². The molecule has 2 unspecified atom stereocenters. The van der Waals surface area contributed by atoms with Crippen LogP contribution < -0.4 is 5.73 Å². The van der Waals surface area contributed by atoms with Crippen LogP contribution in [0, 0.1) is 11.3 Å². The first kappa shape index (κ1) is 11.7. The lowest BCUT2D eigenvalue weighted by molar-refractivity contribution is 0.135. The van der Waals surface area contributed by atoms with Gasteiger partial charge >= 0.3 is 0 Å². The molecule has 1 fully saturated rings. The SMILES string of the molecule is CCC1CCCC(CN)(Cc2ccco2)C1. The van der Waals surface area contributed by atoms with E-state index in [4.69, 9.17) is 10.2 Å². The number of hydrogen-bond acceptors (Lipinski definition) is 2. The van der Waals surface area contributed by atoms with Gasteiger partial charge in [0.15, 0.2) is 0 Å². The molecule has 1 saturated carbocycles. The Morgan fingerprint density at radius 3 is 3.06 bits per heavy atom. The molecule has 1 heterocycles. The molecule has 0 aromatic carbocycles. The standard InChI is InChI=1S/C14H23NO/c1-2-12-5-3-7-14(9-12,11-15)10-13-6-4-8-16-13/h4,6,8,12H,2-3,5,7,9-11,15H2,1H3. The van der Waals surface area contributed by atoms with Crippen LogP contribution in [0.2, 0.25) is 0 Å². The van der Waals surface area contributed by atoms with E-state index < -0.39 is 0 Å². The van der Waals surface area contributed by atoms with Crippen LogP contribution >= 0.6 is 0 Å². The molecule has 1 aliphatic carbocycles. The maximum absolute atomic E-state index is 6.03. The third-order valence-electron chi connectivity index (χ3n) is 4.18. The van der Waals surface area contributed by atoms with Gasteiger partial charge in [0.2, 0.25) is 0 Å². The summed E-state index contributed by atoms with van der Waals surface area (Å²) in [6.07, 6.45) is 9.33. The predicted molar refractivity (Wildman–Crippen MR) is 66.1 cm³/mol. The van der Waals surface area contributed by atoms with Crippen LogP contribution in [0.15, 0.2) is 22.8 Å². The van der Waals surface area contributed by atoms with E-state index in [0.717, 1.165) is 24.6 Å². The molecule has 2 heteroatoms. The summed E-state index contributed by atoms with van der Waals surface area (Å²) in [4.78, 5) is 0. The van der Waals surface area contributed by atoms with Crippen LogP contribution in [0.1, 0.15) is 44.8 Å². The lowest BCUT2D eigenvalue weighted by Crippen LogP contribution is -2.37. The first-order chi connectivity index (χ1) is 7.78. The Balaban J connectivity index is 2.06. The van der Waals surface area contributed by atoms with E-state index in [1.54, 1.807) is 6.26 Å². The molecule has 2 rings (SSSR count).